The lowest BCUT2D eigenvalue weighted by molar-refractivity contribution is -0.459. The fourth-order valence-corrected chi connectivity index (χ4v) is 0.488. The second-order valence-corrected chi connectivity index (χ2v) is 2.61. The molecule has 0 aliphatic carbocycles. The van der Waals surface area contributed by atoms with E-state index in [2.05, 4.69) is 14.8 Å². The van der Waals surface area contributed by atoms with Crippen molar-refractivity contribution in [1.82, 2.24) is 0 Å². The van der Waals surface area contributed by atoms with E-state index in [1.807, 2.05) is 0 Å². The molecule has 0 bridgehead atoms. The quantitative estimate of drug-likeness (QED) is 0.354. The van der Waals surface area contributed by atoms with Gasteiger partial charge in [-0.25, -0.2) is 9.59 Å². The monoisotopic (exact) mass is 208 g/mol. The highest BCUT2D eigenvalue weighted by molar-refractivity contribution is 5.69. The Hall–Kier alpha value is -1.18. The third-order valence-electron chi connectivity index (χ3n) is 1.27. The SMILES string of the molecule is CCC(O)(O)CC(=O)OOOC(C)=O. The van der Waals surface area contributed by atoms with Crippen LogP contribution in [0.4, 0.5) is 0 Å². The van der Waals surface area contributed by atoms with Crippen molar-refractivity contribution in [2.24, 2.45) is 0 Å². The number of rotatable bonds is 5. The maximum Gasteiger partial charge on any atom is 0.352 e. The van der Waals surface area contributed by atoms with E-state index in [1.54, 1.807) is 0 Å². The van der Waals surface area contributed by atoms with Crippen LogP contribution < -0.4 is 0 Å². The molecule has 14 heavy (non-hydrogen) atoms. The minimum atomic E-state index is -2.14. The van der Waals surface area contributed by atoms with Crippen molar-refractivity contribution < 1.29 is 34.6 Å². The second-order valence-electron chi connectivity index (χ2n) is 2.61. The molecule has 0 aromatic heterocycles. The molecule has 0 fully saturated rings. The summed E-state index contributed by atoms with van der Waals surface area (Å²) in [6.45, 7) is 2.52. The third-order valence-corrected chi connectivity index (χ3v) is 1.27. The van der Waals surface area contributed by atoms with Crippen LogP contribution in [0.3, 0.4) is 0 Å². The zero-order valence-corrected chi connectivity index (χ0v) is 7.85. The summed E-state index contributed by atoms with van der Waals surface area (Å²) >= 11 is 0. The Labute approximate surface area is 80.0 Å². The van der Waals surface area contributed by atoms with Crippen LogP contribution in [0.15, 0.2) is 0 Å². The summed E-state index contributed by atoms with van der Waals surface area (Å²) < 4.78 is 0. The average molecular weight is 208 g/mol. The Morgan fingerprint density at radius 2 is 1.86 bits per heavy atom. The predicted octanol–water partition coefficient (Wildman–Crippen LogP) is -0.580. The van der Waals surface area contributed by atoms with E-state index in [0.29, 0.717) is 0 Å². The molecular formula is C7H12O7. The van der Waals surface area contributed by atoms with Gasteiger partial charge in [0.2, 0.25) is 0 Å². The number of aliphatic hydroxyl groups is 2. The van der Waals surface area contributed by atoms with Gasteiger partial charge < -0.3 is 10.2 Å². The zero-order chi connectivity index (χ0) is 11.2. The molecule has 0 aromatic rings. The fraction of sp³-hybridized carbons (Fsp3) is 0.714. The molecule has 82 valence electrons. The molecule has 0 heterocycles. The molecule has 0 rings (SSSR count). The normalized spacial score (nSPS) is 10.9. The summed E-state index contributed by atoms with van der Waals surface area (Å²) in [6.07, 6.45) is -0.722. The van der Waals surface area contributed by atoms with E-state index < -0.39 is 24.1 Å². The topological polar surface area (TPSA) is 102 Å². The van der Waals surface area contributed by atoms with Crippen LogP contribution >= 0.6 is 0 Å². The summed E-state index contributed by atoms with van der Waals surface area (Å²) in [7, 11) is 0. The highest BCUT2D eigenvalue weighted by Gasteiger charge is 2.26. The maximum atomic E-state index is 10.7. The van der Waals surface area contributed by atoms with E-state index in [4.69, 9.17) is 10.2 Å². The van der Waals surface area contributed by atoms with Gasteiger partial charge in [-0.05, 0) is 6.42 Å². The molecule has 0 saturated carbocycles. The van der Waals surface area contributed by atoms with E-state index >= 15 is 0 Å². The van der Waals surface area contributed by atoms with Crippen LogP contribution in [0.1, 0.15) is 26.7 Å². The van der Waals surface area contributed by atoms with E-state index in [9.17, 15) is 9.59 Å². The number of carbonyl (C=O) groups excluding carboxylic acids is 2. The molecule has 7 heteroatoms. The van der Waals surface area contributed by atoms with Crippen molar-refractivity contribution in [2.45, 2.75) is 32.5 Å². The molecule has 0 aliphatic rings. The highest BCUT2D eigenvalue weighted by atomic mass is 17.5. The highest BCUT2D eigenvalue weighted by Crippen LogP contribution is 2.11. The van der Waals surface area contributed by atoms with Gasteiger partial charge in [0.15, 0.2) is 5.79 Å². The van der Waals surface area contributed by atoms with Gasteiger partial charge in [0.05, 0.1) is 0 Å². The first-order valence-electron chi connectivity index (χ1n) is 3.86. The molecule has 2 N–H and O–H groups in total. The van der Waals surface area contributed by atoms with Gasteiger partial charge in [0, 0.05) is 12.0 Å². The smallest absolute Gasteiger partial charge is 0.352 e. The van der Waals surface area contributed by atoms with Crippen LogP contribution in [0, 0.1) is 0 Å². The first-order chi connectivity index (χ1) is 6.37. The molecular weight excluding hydrogens is 196 g/mol. The molecule has 0 spiro atoms. The molecule has 0 amide bonds. The van der Waals surface area contributed by atoms with E-state index in [1.165, 1.54) is 6.92 Å². The van der Waals surface area contributed by atoms with Crippen molar-refractivity contribution in [3.05, 3.63) is 0 Å². The predicted molar refractivity (Wildman–Crippen MR) is 41.0 cm³/mol. The number of hydrogen-bond donors (Lipinski definition) is 2. The Morgan fingerprint density at radius 1 is 1.29 bits per heavy atom. The summed E-state index contributed by atoms with van der Waals surface area (Å²) in [4.78, 5) is 28.6. The Morgan fingerprint density at radius 3 is 2.29 bits per heavy atom. The van der Waals surface area contributed by atoms with Gasteiger partial charge in [-0.3, -0.25) is 9.78 Å². The van der Waals surface area contributed by atoms with Crippen LogP contribution in [0.25, 0.3) is 0 Å². The van der Waals surface area contributed by atoms with Crippen LogP contribution in [0.5, 0.6) is 0 Å². The summed E-state index contributed by atoms with van der Waals surface area (Å²) in [6, 6.07) is 0. The lowest BCUT2D eigenvalue weighted by Crippen LogP contribution is -2.31. The molecule has 0 unspecified atom stereocenters. The average Bonchev–Trinajstić information content (AvgIpc) is 2.02. The summed E-state index contributed by atoms with van der Waals surface area (Å²) in [5.41, 5.74) is 0. The van der Waals surface area contributed by atoms with E-state index in [0.717, 1.165) is 6.92 Å². The summed E-state index contributed by atoms with van der Waals surface area (Å²) in [5.74, 6) is -4.00. The van der Waals surface area contributed by atoms with E-state index in [-0.39, 0.29) is 6.42 Å². The molecule has 7 nitrogen and oxygen atoms in total. The van der Waals surface area contributed by atoms with Crippen molar-refractivity contribution in [3.63, 3.8) is 0 Å². The van der Waals surface area contributed by atoms with Crippen LogP contribution in [-0.2, 0) is 24.4 Å². The minimum Gasteiger partial charge on any atom is -0.365 e. The number of carbonyl (C=O) groups is 2. The fourth-order valence-electron chi connectivity index (χ4n) is 0.488. The van der Waals surface area contributed by atoms with Crippen LogP contribution in [-0.4, -0.2) is 27.9 Å². The molecule has 0 saturated heterocycles. The third kappa shape index (κ3) is 6.35. The zero-order valence-electron chi connectivity index (χ0n) is 7.85. The lowest BCUT2D eigenvalue weighted by Gasteiger charge is -2.16. The van der Waals surface area contributed by atoms with Crippen LogP contribution in [0.2, 0.25) is 0 Å². The van der Waals surface area contributed by atoms with Gasteiger partial charge >= 0.3 is 11.9 Å². The standard InChI is InChI=1S/C7H12O7/c1-3-7(10,11)4-6(9)13-14-12-5(2)8/h10-11H,3-4H2,1-2H3. The first-order valence-corrected chi connectivity index (χ1v) is 3.86. The van der Waals surface area contributed by atoms with Crippen molar-refractivity contribution in [3.8, 4) is 0 Å². The van der Waals surface area contributed by atoms with Gasteiger partial charge in [-0.15, -0.1) is 0 Å². The summed E-state index contributed by atoms with van der Waals surface area (Å²) in [5, 5.41) is 21.7. The van der Waals surface area contributed by atoms with Gasteiger partial charge in [0.1, 0.15) is 6.42 Å². The van der Waals surface area contributed by atoms with Crippen molar-refractivity contribution >= 4 is 11.9 Å². The van der Waals surface area contributed by atoms with Crippen molar-refractivity contribution in [1.29, 1.82) is 0 Å². The van der Waals surface area contributed by atoms with Gasteiger partial charge in [0.25, 0.3) is 0 Å². The molecule has 0 radical (unpaired) electrons. The molecule has 0 atom stereocenters. The Bertz CT molecular complexity index is 210. The van der Waals surface area contributed by atoms with Gasteiger partial charge in [-0.1, -0.05) is 6.92 Å². The largest absolute Gasteiger partial charge is 0.365 e. The number of hydrogen-bond acceptors (Lipinski definition) is 7. The Balaban J connectivity index is 3.71. The Kier molecular flexibility index (Phi) is 5.06. The maximum absolute atomic E-state index is 10.7. The molecule has 0 aliphatic heterocycles. The lowest BCUT2D eigenvalue weighted by atomic mass is 10.1. The van der Waals surface area contributed by atoms with Gasteiger partial charge in [-0.2, -0.15) is 0 Å². The molecule has 0 aromatic carbocycles. The first kappa shape index (κ1) is 12.8. The minimum absolute atomic E-state index is 0.0460. The van der Waals surface area contributed by atoms with Crippen molar-refractivity contribution in [2.75, 3.05) is 0 Å². The second kappa shape index (κ2) is 5.53.